The third-order valence-corrected chi connectivity index (χ3v) is 6.54. The van der Waals surface area contributed by atoms with Crippen LogP contribution in [0.15, 0.2) is 51.7 Å². The first-order valence-electron chi connectivity index (χ1n) is 10.4. The summed E-state index contributed by atoms with van der Waals surface area (Å²) >= 11 is 1.12. The van der Waals surface area contributed by atoms with Crippen molar-refractivity contribution in [3.05, 3.63) is 69.1 Å². The topological polar surface area (TPSA) is 136 Å². The summed E-state index contributed by atoms with van der Waals surface area (Å²) < 4.78 is 15.6. The number of ketones is 1. The van der Waals surface area contributed by atoms with Gasteiger partial charge in [-0.25, -0.2) is 4.79 Å². The number of nitrogens with zero attached hydrogens (tertiary/aromatic N) is 5. The summed E-state index contributed by atoms with van der Waals surface area (Å²) in [5.74, 6) is 1.09. The number of anilines is 1. The van der Waals surface area contributed by atoms with Crippen molar-refractivity contribution in [3.63, 3.8) is 0 Å². The zero-order chi connectivity index (χ0) is 24.6. The van der Waals surface area contributed by atoms with Crippen LogP contribution < -0.4 is 26.5 Å². The van der Waals surface area contributed by atoms with Gasteiger partial charge in [-0.05, 0) is 19.1 Å². The molecule has 2 aromatic heterocycles. The average Bonchev–Trinajstić information content (AvgIpc) is 3.23. The Morgan fingerprint density at radius 2 is 1.97 bits per heavy atom. The molecule has 0 unspecified atom stereocenters. The van der Waals surface area contributed by atoms with Crippen LogP contribution in [0.5, 0.6) is 11.5 Å². The molecule has 34 heavy (non-hydrogen) atoms. The number of allylic oxidation sites excluding steroid dienone is 1. The van der Waals surface area contributed by atoms with E-state index < -0.39 is 28.4 Å². The molecule has 1 aromatic carbocycles. The van der Waals surface area contributed by atoms with Gasteiger partial charge in [-0.2, -0.15) is 0 Å². The van der Waals surface area contributed by atoms with Crippen LogP contribution in [0.3, 0.4) is 0 Å². The number of Topliss-reactive ketones (excluding diaryl/α,β-unsaturated/α-hetero) is 1. The molecule has 0 amide bonds. The molecule has 12 heteroatoms. The van der Waals surface area contributed by atoms with Crippen molar-refractivity contribution in [2.45, 2.75) is 30.0 Å². The normalized spacial score (nSPS) is 15.7. The number of aromatic nitrogens is 5. The summed E-state index contributed by atoms with van der Waals surface area (Å²) in [6.45, 7) is 6.05. The summed E-state index contributed by atoms with van der Waals surface area (Å²) in [7, 11) is 2.71. The number of hydrogen-bond acceptors (Lipinski definition) is 9. The standard InChI is InChI=1S/C22H24N6O5S/c1-5-10-28-19(15-11-32-13-8-6-7-9-14(13)33-15)24-25-21(28)34-12(2)17(29)16-18(23)26(3)22(31)27(4)20(16)30/h5-9,12,15H,1,10-11,23H2,2-4H3/t12-,15-/m1/s1. The van der Waals surface area contributed by atoms with Crippen molar-refractivity contribution in [1.82, 2.24) is 23.9 Å². The van der Waals surface area contributed by atoms with Gasteiger partial charge in [-0.3, -0.25) is 23.3 Å². The van der Waals surface area contributed by atoms with Gasteiger partial charge >= 0.3 is 5.69 Å². The maximum Gasteiger partial charge on any atom is 0.332 e. The minimum atomic E-state index is -0.739. The Balaban J connectivity index is 1.62. The number of ether oxygens (including phenoxy) is 2. The fourth-order valence-corrected chi connectivity index (χ4v) is 4.50. The second-order valence-electron chi connectivity index (χ2n) is 7.69. The number of fused-ring (bicyclic) bond motifs is 1. The Labute approximate surface area is 198 Å². The van der Waals surface area contributed by atoms with Crippen molar-refractivity contribution >= 4 is 23.4 Å². The molecular weight excluding hydrogens is 460 g/mol. The maximum atomic E-state index is 13.2. The third-order valence-electron chi connectivity index (χ3n) is 5.46. The second kappa shape index (κ2) is 9.21. The Hall–Kier alpha value is -3.80. The van der Waals surface area contributed by atoms with Crippen molar-refractivity contribution in [1.29, 1.82) is 0 Å². The first kappa shape index (κ1) is 23.4. The first-order valence-corrected chi connectivity index (χ1v) is 11.3. The smallest absolute Gasteiger partial charge is 0.332 e. The predicted molar refractivity (Wildman–Crippen MR) is 127 cm³/mol. The van der Waals surface area contributed by atoms with Gasteiger partial charge in [0.25, 0.3) is 5.56 Å². The molecule has 3 heterocycles. The quantitative estimate of drug-likeness (QED) is 0.299. The fourth-order valence-electron chi connectivity index (χ4n) is 3.58. The molecule has 178 valence electrons. The lowest BCUT2D eigenvalue weighted by Gasteiger charge is -2.26. The van der Waals surface area contributed by atoms with E-state index in [2.05, 4.69) is 16.8 Å². The van der Waals surface area contributed by atoms with E-state index in [4.69, 9.17) is 15.2 Å². The van der Waals surface area contributed by atoms with Gasteiger partial charge in [-0.1, -0.05) is 30.0 Å². The molecule has 11 nitrogen and oxygen atoms in total. The number of rotatable bonds is 7. The number of carbonyl (C=O) groups is 1. The highest BCUT2D eigenvalue weighted by Crippen LogP contribution is 2.36. The molecule has 2 atom stereocenters. The fraction of sp³-hybridized carbons (Fsp3) is 0.318. The predicted octanol–water partition coefficient (Wildman–Crippen LogP) is 1.32. The molecular formula is C22H24N6O5S. The van der Waals surface area contributed by atoms with Crippen molar-refractivity contribution in [2.24, 2.45) is 14.1 Å². The van der Waals surface area contributed by atoms with Gasteiger partial charge < -0.3 is 15.2 Å². The van der Waals surface area contributed by atoms with Crippen molar-refractivity contribution in [2.75, 3.05) is 12.3 Å². The van der Waals surface area contributed by atoms with Gasteiger partial charge in [-0.15, -0.1) is 16.8 Å². The van der Waals surface area contributed by atoms with E-state index in [9.17, 15) is 14.4 Å². The zero-order valence-corrected chi connectivity index (χ0v) is 19.7. The average molecular weight is 485 g/mol. The van der Waals surface area contributed by atoms with E-state index >= 15 is 0 Å². The van der Waals surface area contributed by atoms with E-state index in [1.165, 1.54) is 14.1 Å². The van der Waals surface area contributed by atoms with Crippen molar-refractivity contribution in [3.8, 4) is 11.5 Å². The van der Waals surface area contributed by atoms with Crippen LogP contribution in [0.1, 0.15) is 29.2 Å². The van der Waals surface area contributed by atoms with Gasteiger partial charge in [0.1, 0.15) is 18.0 Å². The lowest BCUT2D eigenvalue weighted by molar-refractivity contribution is 0.0821. The highest BCUT2D eigenvalue weighted by molar-refractivity contribution is 8.00. The highest BCUT2D eigenvalue weighted by atomic mass is 32.2. The molecule has 1 aliphatic heterocycles. The first-order chi connectivity index (χ1) is 16.2. The SMILES string of the molecule is C=CCn1c(S[C@H](C)C(=O)c2c(N)n(C)c(=O)n(C)c2=O)nnc1[C@H]1COc2ccccc2O1. The summed E-state index contributed by atoms with van der Waals surface area (Å²) in [5.41, 5.74) is 4.37. The Morgan fingerprint density at radius 3 is 2.68 bits per heavy atom. The van der Waals surface area contributed by atoms with E-state index in [1.54, 1.807) is 17.6 Å². The number of nitrogen functional groups attached to an aromatic ring is 1. The Morgan fingerprint density at radius 1 is 1.26 bits per heavy atom. The Kier molecular flexibility index (Phi) is 6.33. The van der Waals surface area contributed by atoms with Crippen molar-refractivity contribution < 1.29 is 14.3 Å². The van der Waals surface area contributed by atoms with Gasteiger partial charge in [0.15, 0.2) is 34.4 Å². The molecule has 0 bridgehead atoms. The molecule has 0 spiro atoms. The molecule has 3 aromatic rings. The molecule has 0 fully saturated rings. The van der Waals surface area contributed by atoms with E-state index in [-0.39, 0.29) is 18.0 Å². The summed E-state index contributed by atoms with van der Waals surface area (Å²) in [6, 6.07) is 7.34. The summed E-state index contributed by atoms with van der Waals surface area (Å²) in [5, 5.41) is 8.23. The minimum absolute atomic E-state index is 0.176. The monoisotopic (exact) mass is 484 g/mol. The molecule has 0 aliphatic carbocycles. The molecule has 1 aliphatic rings. The van der Waals surface area contributed by atoms with Gasteiger partial charge in [0.2, 0.25) is 0 Å². The summed E-state index contributed by atoms with van der Waals surface area (Å²) in [6.07, 6.45) is 1.18. The van der Waals surface area contributed by atoms with Crippen LogP contribution in [0.2, 0.25) is 0 Å². The van der Waals surface area contributed by atoms with Crippen LogP contribution in [0, 0.1) is 0 Å². The van der Waals surface area contributed by atoms with Crippen LogP contribution in [-0.2, 0) is 20.6 Å². The zero-order valence-electron chi connectivity index (χ0n) is 18.9. The number of thioether (sulfide) groups is 1. The van der Waals surface area contributed by atoms with Crippen LogP contribution in [0.25, 0.3) is 0 Å². The maximum absolute atomic E-state index is 13.2. The number of benzene rings is 1. The largest absolute Gasteiger partial charge is 0.485 e. The third kappa shape index (κ3) is 4.00. The summed E-state index contributed by atoms with van der Waals surface area (Å²) in [4.78, 5) is 37.8. The van der Waals surface area contributed by atoms with Gasteiger partial charge in [0, 0.05) is 20.6 Å². The number of nitrogens with two attached hydrogens (primary N) is 1. The van der Waals surface area contributed by atoms with Crippen LogP contribution in [-0.4, -0.2) is 41.5 Å². The lowest BCUT2D eigenvalue weighted by atomic mass is 10.1. The Bertz CT molecular complexity index is 1390. The minimum Gasteiger partial charge on any atom is -0.485 e. The highest BCUT2D eigenvalue weighted by Gasteiger charge is 2.31. The molecule has 0 radical (unpaired) electrons. The number of carbonyl (C=O) groups excluding carboxylic acids is 1. The van der Waals surface area contributed by atoms with Crippen LogP contribution >= 0.6 is 11.8 Å². The second-order valence-corrected chi connectivity index (χ2v) is 9.00. The molecule has 4 rings (SSSR count). The van der Waals surface area contributed by atoms with Gasteiger partial charge in [0.05, 0.1) is 5.25 Å². The molecule has 0 saturated heterocycles. The van der Waals surface area contributed by atoms with E-state index in [0.29, 0.717) is 29.0 Å². The lowest BCUT2D eigenvalue weighted by Crippen LogP contribution is -2.42. The molecule has 0 saturated carbocycles. The number of para-hydroxylation sites is 2. The number of hydrogen-bond donors (Lipinski definition) is 1. The van der Waals surface area contributed by atoms with E-state index in [1.807, 2.05) is 24.3 Å². The van der Waals surface area contributed by atoms with Crippen LogP contribution in [0.4, 0.5) is 5.82 Å². The van der Waals surface area contributed by atoms with E-state index in [0.717, 1.165) is 20.9 Å². The molecule has 2 N–H and O–H groups in total.